The largest absolute Gasteiger partial charge is 0.320 e. The summed E-state index contributed by atoms with van der Waals surface area (Å²) in [7, 11) is 0. The predicted octanol–water partition coefficient (Wildman–Crippen LogP) is 2.00. The van der Waals surface area contributed by atoms with E-state index in [4.69, 9.17) is 0 Å². The molecule has 0 radical (unpaired) electrons. The molecule has 6 nitrogen and oxygen atoms in total. The number of aryl methyl sites for hydroxylation is 2. The molecule has 3 heterocycles. The third kappa shape index (κ3) is 1.81. The fourth-order valence-corrected chi connectivity index (χ4v) is 1.82. The molecule has 3 aromatic rings. The van der Waals surface area contributed by atoms with E-state index < -0.39 is 0 Å². The summed E-state index contributed by atoms with van der Waals surface area (Å²) in [6.07, 6.45) is 5.58. The van der Waals surface area contributed by atoms with Crippen LogP contribution in [-0.2, 0) is 6.54 Å². The Bertz CT molecular complexity index is 681. The van der Waals surface area contributed by atoms with Gasteiger partial charge in [0.1, 0.15) is 0 Å². The lowest BCUT2D eigenvalue weighted by molar-refractivity contribution is 0.660. The average molecular weight is 242 g/mol. The van der Waals surface area contributed by atoms with Gasteiger partial charge in [-0.25, -0.2) is 4.52 Å². The first kappa shape index (κ1) is 10.8. The van der Waals surface area contributed by atoms with Crippen molar-refractivity contribution in [1.82, 2.24) is 24.4 Å². The van der Waals surface area contributed by atoms with E-state index in [0.717, 1.165) is 23.4 Å². The fraction of sp³-hybridized carbons (Fsp3) is 0.250. The van der Waals surface area contributed by atoms with Crippen molar-refractivity contribution < 1.29 is 0 Å². The van der Waals surface area contributed by atoms with Crippen LogP contribution in [0.1, 0.15) is 12.5 Å². The number of fused-ring (bicyclic) bond motifs is 1. The Balaban J connectivity index is 1.93. The second-order valence-corrected chi connectivity index (χ2v) is 4.10. The van der Waals surface area contributed by atoms with E-state index in [2.05, 4.69) is 20.5 Å². The van der Waals surface area contributed by atoms with Crippen LogP contribution in [0.4, 0.5) is 11.6 Å². The summed E-state index contributed by atoms with van der Waals surface area (Å²) >= 11 is 0. The highest BCUT2D eigenvalue weighted by molar-refractivity contribution is 5.55. The van der Waals surface area contributed by atoms with Gasteiger partial charge in [-0.05, 0) is 25.5 Å². The molecular weight excluding hydrogens is 228 g/mol. The number of nitrogens with zero attached hydrogens (tertiary/aromatic N) is 5. The van der Waals surface area contributed by atoms with Crippen LogP contribution in [0, 0.1) is 6.92 Å². The molecule has 3 aromatic heterocycles. The zero-order valence-corrected chi connectivity index (χ0v) is 10.3. The molecule has 0 amide bonds. The van der Waals surface area contributed by atoms with Crippen LogP contribution in [0.25, 0.3) is 5.65 Å². The van der Waals surface area contributed by atoms with Crippen LogP contribution >= 0.6 is 0 Å². The van der Waals surface area contributed by atoms with Crippen LogP contribution in [0.2, 0.25) is 0 Å². The van der Waals surface area contributed by atoms with Gasteiger partial charge >= 0.3 is 0 Å². The number of hydrogen-bond acceptors (Lipinski definition) is 4. The topological polar surface area (TPSA) is 60.0 Å². The lowest BCUT2D eigenvalue weighted by Crippen LogP contribution is -1.93. The molecule has 0 saturated carbocycles. The fourth-order valence-electron chi connectivity index (χ4n) is 1.82. The zero-order valence-electron chi connectivity index (χ0n) is 10.3. The van der Waals surface area contributed by atoms with Gasteiger partial charge in [0.2, 0.25) is 5.95 Å². The zero-order chi connectivity index (χ0) is 12.5. The van der Waals surface area contributed by atoms with E-state index >= 15 is 0 Å². The summed E-state index contributed by atoms with van der Waals surface area (Å²) in [4.78, 5) is 4.45. The van der Waals surface area contributed by atoms with E-state index in [1.165, 1.54) is 0 Å². The van der Waals surface area contributed by atoms with E-state index in [0.29, 0.717) is 5.95 Å². The molecule has 18 heavy (non-hydrogen) atoms. The number of aromatic nitrogens is 5. The third-order valence-electron chi connectivity index (χ3n) is 2.77. The van der Waals surface area contributed by atoms with E-state index in [-0.39, 0.29) is 0 Å². The molecule has 0 bridgehead atoms. The molecule has 0 aliphatic heterocycles. The molecule has 0 spiro atoms. The average Bonchev–Trinajstić information content (AvgIpc) is 2.96. The molecular formula is C12H14N6. The molecule has 0 saturated heterocycles. The first-order valence-corrected chi connectivity index (χ1v) is 5.88. The van der Waals surface area contributed by atoms with Crippen molar-refractivity contribution in [3.05, 3.63) is 36.3 Å². The van der Waals surface area contributed by atoms with Gasteiger partial charge in [-0.2, -0.15) is 10.1 Å². The maximum Gasteiger partial charge on any atom is 0.247 e. The molecule has 3 rings (SSSR count). The third-order valence-corrected chi connectivity index (χ3v) is 2.77. The standard InChI is InChI=1S/C12H14N6/c1-3-17-8-10(7-13-17)14-12-15-11-9(2)5-4-6-18(11)16-12/h4-8H,3H2,1-2H3,(H,14,16). The van der Waals surface area contributed by atoms with Crippen molar-refractivity contribution >= 4 is 17.3 Å². The van der Waals surface area contributed by atoms with Gasteiger partial charge in [-0.1, -0.05) is 6.07 Å². The van der Waals surface area contributed by atoms with Gasteiger partial charge < -0.3 is 5.32 Å². The monoisotopic (exact) mass is 242 g/mol. The Morgan fingerprint density at radius 2 is 2.28 bits per heavy atom. The Kier molecular flexibility index (Phi) is 2.47. The molecule has 1 N–H and O–H groups in total. The van der Waals surface area contributed by atoms with Crippen LogP contribution < -0.4 is 5.32 Å². The Morgan fingerprint density at radius 1 is 1.39 bits per heavy atom. The smallest absolute Gasteiger partial charge is 0.247 e. The normalized spacial score (nSPS) is 11.0. The van der Waals surface area contributed by atoms with Crippen molar-refractivity contribution in [3.63, 3.8) is 0 Å². The number of anilines is 2. The van der Waals surface area contributed by atoms with Crippen LogP contribution in [-0.4, -0.2) is 24.4 Å². The van der Waals surface area contributed by atoms with Crippen LogP contribution in [0.5, 0.6) is 0 Å². The van der Waals surface area contributed by atoms with E-state index in [1.54, 1.807) is 10.7 Å². The SMILES string of the molecule is CCn1cc(Nc2nc3c(C)cccn3n2)cn1. The summed E-state index contributed by atoms with van der Waals surface area (Å²) in [5.74, 6) is 0.583. The number of rotatable bonds is 3. The van der Waals surface area contributed by atoms with Crippen molar-refractivity contribution in [1.29, 1.82) is 0 Å². The van der Waals surface area contributed by atoms with Crippen LogP contribution in [0.15, 0.2) is 30.7 Å². The quantitative estimate of drug-likeness (QED) is 0.763. The second-order valence-electron chi connectivity index (χ2n) is 4.10. The summed E-state index contributed by atoms with van der Waals surface area (Å²) in [6, 6.07) is 3.97. The number of nitrogens with one attached hydrogen (secondary N) is 1. The van der Waals surface area contributed by atoms with Crippen LogP contribution in [0.3, 0.4) is 0 Å². The second kappa shape index (κ2) is 4.14. The van der Waals surface area contributed by atoms with Gasteiger partial charge in [-0.3, -0.25) is 4.68 Å². The Labute approximate surface area is 104 Å². The molecule has 6 heteroatoms. The van der Waals surface area contributed by atoms with Gasteiger partial charge in [0.25, 0.3) is 0 Å². The minimum Gasteiger partial charge on any atom is -0.320 e. The van der Waals surface area contributed by atoms with Gasteiger partial charge in [0, 0.05) is 18.9 Å². The first-order valence-electron chi connectivity index (χ1n) is 5.88. The van der Waals surface area contributed by atoms with Crippen molar-refractivity contribution in [2.45, 2.75) is 20.4 Å². The van der Waals surface area contributed by atoms with Crippen molar-refractivity contribution in [3.8, 4) is 0 Å². The summed E-state index contributed by atoms with van der Waals surface area (Å²) < 4.78 is 3.62. The minimum absolute atomic E-state index is 0.583. The molecule has 0 atom stereocenters. The molecule has 0 aliphatic carbocycles. The first-order chi connectivity index (χ1) is 8.76. The minimum atomic E-state index is 0.583. The van der Waals surface area contributed by atoms with E-state index in [9.17, 15) is 0 Å². The summed E-state index contributed by atoms with van der Waals surface area (Å²) in [6.45, 7) is 4.91. The van der Waals surface area contributed by atoms with Gasteiger partial charge in [0.15, 0.2) is 5.65 Å². The maximum absolute atomic E-state index is 4.45. The molecule has 92 valence electrons. The number of pyridine rings is 1. The summed E-state index contributed by atoms with van der Waals surface area (Å²) in [5.41, 5.74) is 2.86. The van der Waals surface area contributed by atoms with Gasteiger partial charge in [0.05, 0.1) is 11.9 Å². The maximum atomic E-state index is 4.45. The highest BCUT2D eigenvalue weighted by Crippen LogP contribution is 2.14. The number of hydrogen-bond donors (Lipinski definition) is 1. The highest BCUT2D eigenvalue weighted by atomic mass is 15.4. The van der Waals surface area contributed by atoms with Crippen molar-refractivity contribution in [2.75, 3.05) is 5.32 Å². The lowest BCUT2D eigenvalue weighted by Gasteiger charge is -1.94. The molecule has 0 unspecified atom stereocenters. The molecule has 0 aromatic carbocycles. The van der Waals surface area contributed by atoms with E-state index in [1.807, 2.05) is 43.1 Å². The molecule has 0 aliphatic rings. The lowest BCUT2D eigenvalue weighted by atomic mass is 10.3. The highest BCUT2D eigenvalue weighted by Gasteiger charge is 2.06. The summed E-state index contributed by atoms with van der Waals surface area (Å²) in [5, 5.41) is 11.7. The Hall–Kier alpha value is -2.37. The Morgan fingerprint density at radius 3 is 3.00 bits per heavy atom. The van der Waals surface area contributed by atoms with Crippen molar-refractivity contribution in [2.24, 2.45) is 0 Å². The molecule has 0 fully saturated rings. The van der Waals surface area contributed by atoms with Gasteiger partial charge in [-0.15, -0.1) is 5.10 Å². The predicted molar refractivity (Wildman–Crippen MR) is 68.9 cm³/mol.